The lowest BCUT2D eigenvalue weighted by molar-refractivity contribution is 0.570. The van der Waals surface area contributed by atoms with Crippen molar-refractivity contribution in [3.05, 3.63) is 47.6 Å². The first-order valence-corrected chi connectivity index (χ1v) is 6.27. The highest BCUT2D eigenvalue weighted by molar-refractivity contribution is 6.31. The first-order chi connectivity index (χ1) is 9.58. The monoisotopic (exact) mass is 291 g/mol. The van der Waals surface area contributed by atoms with E-state index < -0.39 is 0 Å². The van der Waals surface area contributed by atoms with Gasteiger partial charge in [0, 0.05) is 7.05 Å². The van der Waals surface area contributed by atoms with Crippen LogP contribution in [0.5, 0.6) is 0 Å². The van der Waals surface area contributed by atoms with Crippen molar-refractivity contribution < 1.29 is 8.81 Å². The minimum absolute atomic E-state index is 0.242. The zero-order valence-electron chi connectivity index (χ0n) is 10.6. The molecule has 2 heterocycles. The van der Waals surface area contributed by atoms with E-state index in [0.29, 0.717) is 22.6 Å². The number of nitrogens with zero attached hydrogens (tertiary/aromatic N) is 2. The van der Waals surface area contributed by atoms with Crippen LogP contribution in [0, 0.1) is 5.82 Å². The molecule has 20 heavy (non-hydrogen) atoms. The van der Waals surface area contributed by atoms with Gasteiger partial charge in [-0.25, -0.2) is 4.39 Å². The highest BCUT2D eigenvalue weighted by Gasteiger charge is 2.20. The molecule has 0 bridgehead atoms. The summed E-state index contributed by atoms with van der Waals surface area (Å²) in [6.07, 6.45) is 1.48. The van der Waals surface area contributed by atoms with Crippen molar-refractivity contribution in [2.45, 2.75) is 0 Å². The molecular formula is C14H11ClFN3O. The number of halogens is 2. The molecule has 2 aromatic heterocycles. The van der Waals surface area contributed by atoms with E-state index in [1.165, 1.54) is 18.4 Å². The molecule has 0 saturated heterocycles. The summed E-state index contributed by atoms with van der Waals surface area (Å²) < 4.78 is 19.7. The topological polar surface area (TPSA) is 57.0 Å². The highest BCUT2D eigenvalue weighted by atomic mass is 35.5. The van der Waals surface area contributed by atoms with E-state index in [1.54, 1.807) is 29.9 Å². The maximum Gasteiger partial charge on any atom is 0.202 e. The number of aryl methyl sites for hydroxylation is 1. The standard InChI is InChI=1S/C14H11ClFN3O/c1-19-14(17)11(8-2-4-9(16)5-3-8)12(18-19)10-6-7-20-13(10)15/h2-7H,17H2,1H3. The molecule has 0 aliphatic rings. The molecule has 3 aromatic rings. The number of aromatic nitrogens is 2. The Kier molecular flexibility index (Phi) is 2.99. The lowest BCUT2D eigenvalue weighted by Gasteiger charge is -2.03. The lowest BCUT2D eigenvalue weighted by Crippen LogP contribution is -1.97. The Bertz CT molecular complexity index is 761. The van der Waals surface area contributed by atoms with E-state index >= 15 is 0 Å². The summed E-state index contributed by atoms with van der Waals surface area (Å²) in [5.74, 6) is 0.169. The van der Waals surface area contributed by atoms with Gasteiger partial charge in [-0.2, -0.15) is 5.10 Å². The van der Waals surface area contributed by atoms with Crippen LogP contribution in [0.4, 0.5) is 10.2 Å². The summed E-state index contributed by atoms with van der Waals surface area (Å²) >= 11 is 6.00. The molecule has 0 amide bonds. The molecule has 0 atom stereocenters. The van der Waals surface area contributed by atoms with Crippen LogP contribution < -0.4 is 5.73 Å². The Morgan fingerprint density at radius 1 is 1.25 bits per heavy atom. The fraction of sp³-hybridized carbons (Fsp3) is 0.0714. The first kappa shape index (κ1) is 12.7. The average Bonchev–Trinajstić information content (AvgIpc) is 2.96. The number of rotatable bonds is 2. The average molecular weight is 292 g/mol. The molecule has 0 saturated carbocycles. The number of anilines is 1. The Hall–Kier alpha value is -2.27. The summed E-state index contributed by atoms with van der Waals surface area (Å²) in [5, 5.41) is 4.61. The molecule has 0 radical (unpaired) electrons. The minimum atomic E-state index is -0.306. The second kappa shape index (κ2) is 4.68. The van der Waals surface area contributed by atoms with E-state index in [-0.39, 0.29) is 11.0 Å². The number of furan rings is 1. The Balaban J connectivity index is 2.25. The Morgan fingerprint density at radius 2 is 1.95 bits per heavy atom. The maximum absolute atomic E-state index is 13.1. The van der Waals surface area contributed by atoms with Gasteiger partial charge in [0.2, 0.25) is 5.22 Å². The minimum Gasteiger partial charge on any atom is -0.452 e. The molecule has 0 aliphatic carbocycles. The molecule has 0 aliphatic heterocycles. The molecule has 0 spiro atoms. The maximum atomic E-state index is 13.1. The van der Waals surface area contributed by atoms with Crippen LogP contribution in [0.15, 0.2) is 41.0 Å². The fourth-order valence-electron chi connectivity index (χ4n) is 2.09. The van der Waals surface area contributed by atoms with Gasteiger partial charge >= 0.3 is 0 Å². The molecule has 0 unspecified atom stereocenters. The second-order valence-corrected chi connectivity index (χ2v) is 4.69. The molecule has 6 heteroatoms. The van der Waals surface area contributed by atoms with Crippen molar-refractivity contribution in [2.75, 3.05) is 5.73 Å². The van der Waals surface area contributed by atoms with Crippen LogP contribution in [0.2, 0.25) is 5.22 Å². The van der Waals surface area contributed by atoms with E-state index in [4.69, 9.17) is 21.8 Å². The summed E-state index contributed by atoms with van der Waals surface area (Å²) in [6, 6.07) is 7.78. The predicted molar refractivity (Wildman–Crippen MR) is 75.7 cm³/mol. The second-order valence-electron chi connectivity index (χ2n) is 4.35. The molecular weight excluding hydrogens is 281 g/mol. The fourth-order valence-corrected chi connectivity index (χ4v) is 2.29. The summed E-state index contributed by atoms with van der Waals surface area (Å²) in [7, 11) is 1.74. The summed E-state index contributed by atoms with van der Waals surface area (Å²) in [5.41, 5.74) is 8.79. The Morgan fingerprint density at radius 3 is 2.55 bits per heavy atom. The van der Waals surface area contributed by atoms with Crippen LogP contribution >= 0.6 is 11.6 Å². The quantitative estimate of drug-likeness (QED) is 0.783. The third-order valence-electron chi connectivity index (χ3n) is 3.10. The van der Waals surface area contributed by atoms with Gasteiger partial charge in [-0.3, -0.25) is 4.68 Å². The van der Waals surface area contributed by atoms with Gasteiger partial charge in [-0.05, 0) is 35.4 Å². The van der Waals surface area contributed by atoms with E-state index in [0.717, 1.165) is 5.56 Å². The molecule has 1 aromatic carbocycles. The molecule has 0 fully saturated rings. The molecule has 3 rings (SSSR count). The van der Waals surface area contributed by atoms with Crippen molar-refractivity contribution in [1.29, 1.82) is 0 Å². The lowest BCUT2D eigenvalue weighted by atomic mass is 10.0. The summed E-state index contributed by atoms with van der Waals surface area (Å²) in [4.78, 5) is 0. The van der Waals surface area contributed by atoms with Gasteiger partial charge in [-0.15, -0.1) is 0 Å². The van der Waals surface area contributed by atoms with Crippen LogP contribution in [-0.2, 0) is 7.05 Å². The number of benzene rings is 1. The molecule has 2 N–H and O–H groups in total. The molecule has 4 nitrogen and oxygen atoms in total. The van der Waals surface area contributed by atoms with Gasteiger partial charge in [0.25, 0.3) is 0 Å². The zero-order valence-corrected chi connectivity index (χ0v) is 11.4. The number of nitrogen functional groups attached to an aromatic ring is 1. The highest BCUT2D eigenvalue weighted by Crippen LogP contribution is 2.39. The third kappa shape index (κ3) is 1.96. The zero-order chi connectivity index (χ0) is 14.3. The van der Waals surface area contributed by atoms with Crippen molar-refractivity contribution >= 4 is 17.4 Å². The Labute approximate surface area is 119 Å². The number of hydrogen-bond acceptors (Lipinski definition) is 3. The predicted octanol–water partition coefficient (Wildman–Crippen LogP) is 3.72. The number of hydrogen-bond donors (Lipinski definition) is 1. The van der Waals surface area contributed by atoms with E-state index in [2.05, 4.69) is 5.10 Å². The van der Waals surface area contributed by atoms with Crippen LogP contribution in [-0.4, -0.2) is 9.78 Å². The van der Waals surface area contributed by atoms with Crippen LogP contribution in [0.25, 0.3) is 22.4 Å². The number of nitrogens with two attached hydrogens (primary N) is 1. The van der Waals surface area contributed by atoms with Crippen molar-refractivity contribution in [3.63, 3.8) is 0 Å². The van der Waals surface area contributed by atoms with Gasteiger partial charge in [0.1, 0.15) is 17.3 Å². The smallest absolute Gasteiger partial charge is 0.202 e. The van der Waals surface area contributed by atoms with Gasteiger partial charge in [-0.1, -0.05) is 12.1 Å². The van der Waals surface area contributed by atoms with Crippen molar-refractivity contribution in [3.8, 4) is 22.4 Å². The van der Waals surface area contributed by atoms with E-state index in [9.17, 15) is 4.39 Å². The van der Waals surface area contributed by atoms with Gasteiger partial charge in [0.15, 0.2) is 0 Å². The van der Waals surface area contributed by atoms with Crippen LogP contribution in [0.3, 0.4) is 0 Å². The van der Waals surface area contributed by atoms with Gasteiger partial charge in [0.05, 0.1) is 17.4 Å². The van der Waals surface area contributed by atoms with E-state index in [1.807, 2.05) is 0 Å². The summed E-state index contributed by atoms with van der Waals surface area (Å²) in [6.45, 7) is 0. The normalized spacial score (nSPS) is 10.9. The third-order valence-corrected chi connectivity index (χ3v) is 3.39. The van der Waals surface area contributed by atoms with Crippen LogP contribution in [0.1, 0.15) is 0 Å². The SMILES string of the molecule is Cn1nc(-c2ccoc2Cl)c(-c2ccc(F)cc2)c1N. The van der Waals surface area contributed by atoms with Crippen molar-refractivity contribution in [2.24, 2.45) is 7.05 Å². The largest absolute Gasteiger partial charge is 0.452 e. The van der Waals surface area contributed by atoms with Gasteiger partial charge < -0.3 is 10.2 Å². The first-order valence-electron chi connectivity index (χ1n) is 5.89. The molecule has 102 valence electrons. The van der Waals surface area contributed by atoms with Crippen molar-refractivity contribution in [1.82, 2.24) is 9.78 Å².